The highest BCUT2D eigenvalue weighted by Crippen LogP contribution is 2.44. The minimum Gasteiger partial charge on any atom is -0.271 e. The number of nitrogens with two attached hydrogens (primary N) is 1. The van der Waals surface area contributed by atoms with Crippen molar-refractivity contribution in [1.29, 1.82) is 0 Å². The minimum atomic E-state index is -4.09. The van der Waals surface area contributed by atoms with Gasteiger partial charge in [-0.05, 0) is 31.1 Å². The van der Waals surface area contributed by atoms with Gasteiger partial charge in [0.2, 0.25) is 0 Å². The summed E-state index contributed by atoms with van der Waals surface area (Å²) in [6.07, 6.45) is 0.248. The maximum atomic E-state index is 13.1. The van der Waals surface area contributed by atoms with E-state index in [-0.39, 0.29) is 24.3 Å². The molecule has 0 aromatic rings. The van der Waals surface area contributed by atoms with Gasteiger partial charge in [-0.3, -0.25) is 11.3 Å². The summed E-state index contributed by atoms with van der Waals surface area (Å²) in [4.78, 5) is 0. The van der Waals surface area contributed by atoms with Crippen LogP contribution in [-0.4, -0.2) is 12.2 Å². The van der Waals surface area contributed by atoms with E-state index in [0.717, 1.165) is 19.3 Å². The molecule has 108 valence electrons. The lowest BCUT2D eigenvalue weighted by molar-refractivity contribution is -0.200. The standard InChI is InChI=1S/C13H25F3N2/c1-3-6-9(2)12(18-17)10-7-4-5-8-11(10)13(14,15)16/h9-12,18H,3-8,17H2,1-2H3. The molecule has 1 rings (SSSR count). The van der Waals surface area contributed by atoms with Crippen LogP contribution in [-0.2, 0) is 0 Å². The predicted molar refractivity (Wildman–Crippen MR) is 66.7 cm³/mol. The number of alkyl halides is 3. The van der Waals surface area contributed by atoms with Crippen LogP contribution in [0.15, 0.2) is 0 Å². The van der Waals surface area contributed by atoms with Crippen molar-refractivity contribution in [1.82, 2.24) is 5.43 Å². The zero-order valence-corrected chi connectivity index (χ0v) is 11.3. The van der Waals surface area contributed by atoms with E-state index < -0.39 is 12.1 Å². The second-order valence-corrected chi connectivity index (χ2v) is 5.55. The molecule has 4 atom stereocenters. The van der Waals surface area contributed by atoms with Crippen LogP contribution in [0.1, 0.15) is 52.4 Å². The molecular formula is C13H25F3N2. The molecule has 1 aliphatic rings. The molecule has 0 radical (unpaired) electrons. The van der Waals surface area contributed by atoms with E-state index in [2.05, 4.69) is 5.43 Å². The largest absolute Gasteiger partial charge is 0.392 e. The fourth-order valence-electron chi connectivity index (χ4n) is 3.34. The monoisotopic (exact) mass is 266 g/mol. The lowest BCUT2D eigenvalue weighted by Crippen LogP contribution is -2.51. The molecule has 0 aromatic heterocycles. The molecule has 2 nitrogen and oxygen atoms in total. The molecule has 1 saturated carbocycles. The number of rotatable bonds is 5. The third-order valence-electron chi connectivity index (χ3n) is 4.25. The highest BCUT2D eigenvalue weighted by molar-refractivity contribution is 4.89. The Morgan fingerprint density at radius 3 is 2.39 bits per heavy atom. The van der Waals surface area contributed by atoms with Crippen LogP contribution in [0.2, 0.25) is 0 Å². The fraction of sp³-hybridized carbons (Fsp3) is 1.00. The van der Waals surface area contributed by atoms with Gasteiger partial charge in [0.1, 0.15) is 0 Å². The van der Waals surface area contributed by atoms with Crippen LogP contribution in [0, 0.1) is 17.8 Å². The third kappa shape index (κ3) is 3.85. The SMILES string of the molecule is CCCC(C)C(NN)C1CCCCC1C(F)(F)F. The first kappa shape index (κ1) is 15.8. The Kier molecular flexibility index (Phi) is 5.92. The van der Waals surface area contributed by atoms with Crippen molar-refractivity contribution >= 4 is 0 Å². The van der Waals surface area contributed by atoms with Crippen molar-refractivity contribution < 1.29 is 13.2 Å². The van der Waals surface area contributed by atoms with Gasteiger partial charge in [0.05, 0.1) is 5.92 Å². The van der Waals surface area contributed by atoms with Crippen molar-refractivity contribution in [2.75, 3.05) is 0 Å². The first-order valence-electron chi connectivity index (χ1n) is 6.94. The fourth-order valence-corrected chi connectivity index (χ4v) is 3.34. The highest BCUT2D eigenvalue weighted by Gasteiger charge is 2.48. The number of hydrazine groups is 1. The summed E-state index contributed by atoms with van der Waals surface area (Å²) in [6.45, 7) is 4.04. The first-order chi connectivity index (χ1) is 8.41. The van der Waals surface area contributed by atoms with E-state index >= 15 is 0 Å². The Morgan fingerprint density at radius 1 is 1.28 bits per heavy atom. The second kappa shape index (κ2) is 6.75. The third-order valence-corrected chi connectivity index (χ3v) is 4.25. The Hall–Kier alpha value is -0.290. The number of halogens is 3. The molecule has 0 aromatic carbocycles. The number of hydrogen-bond acceptors (Lipinski definition) is 2. The molecule has 5 heteroatoms. The van der Waals surface area contributed by atoms with Gasteiger partial charge in [-0.2, -0.15) is 13.2 Å². The summed E-state index contributed by atoms with van der Waals surface area (Å²) < 4.78 is 39.2. The van der Waals surface area contributed by atoms with Gasteiger partial charge < -0.3 is 0 Å². The van der Waals surface area contributed by atoms with Crippen LogP contribution in [0.3, 0.4) is 0 Å². The van der Waals surface area contributed by atoms with Crippen LogP contribution in [0.5, 0.6) is 0 Å². The average Bonchev–Trinajstić information content (AvgIpc) is 2.29. The van der Waals surface area contributed by atoms with E-state index in [4.69, 9.17) is 5.84 Å². The first-order valence-corrected chi connectivity index (χ1v) is 6.94. The lowest BCUT2D eigenvalue weighted by atomic mass is 9.71. The summed E-state index contributed by atoms with van der Waals surface area (Å²) in [6, 6.07) is -0.225. The summed E-state index contributed by atoms with van der Waals surface area (Å²) >= 11 is 0. The summed E-state index contributed by atoms with van der Waals surface area (Å²) in [7, 11) is 0. The Morgan fingerprint density at radius 2 is 1.89 bits per heavy atom. The Balaban J connectivity index is 2.80. The lowest BCUT2D eigenvalue weighted by Gasteiger charge is -2.40. The quantitative estimate of drug-likeness (QED) is 0.589. The van der Waals surface area contributed by atoms with E-state index in [9.17, 15) is 13.2 Å². The number of hydrogen-bond donors (Lipinski definition) is 2. The molecule has 4 unspecified atom stereocenters. The average molecular weight is 266 g/mol. The number of nitrogens with one attached hydrogen (secondary N) is 1. The van der Waals surface area contributed by atoms with Crippen molar-refractivity contribution in [2.45, 2.75) is 64.6 Å². The molecule has 3 N–H and O–H groups in total. The highest BCUT2D eigenvalue weighted by atomic mass is 19.4. The molecule has 0 saturated heterocycles. The maximum Gasteiger partial charge on any atom is 0.392 e. The molecule has 1 fully saturated rings. The summed E-state index contributed by atoms with van der Waals surface area (Å²) in [5, 5.41) is 0. The molecule has 0 spiro atoms. The van der Waals surface area contributed by atoms with E-state index in [1.807, 2.05) is 13.8 Å². The normalized spacial score (nSPS) is 29.0. The topological polar surface area (TPSA) is 38.0 Å². The smallest absolute Gasteiger partial charge is 0.271 e. The van der Waals surface area contributed by atoms with E-state index in [1.165, 1.54) is 0 Å². The Bertz CT molecular complexity index is 243. The van der Waals surface area contributed by atoms with E-state index in [1.54, 1.807) is 0 Å². The van der Waals surface area contributed by atoms with Gasteiger partial charge in [0.25, 0.3) is 0 Å². The maximum absolute atomic E-state index is 13.1. The molecule has 0 bridgehead atoms. The van der Waals surface area contributed by atoms with Crippen molar-refractivity contribution in [3.8, 4) is 0 Å². The van der Waals surface area contributed by atoms with Crippen LogP contribution in [0.25, 0.3) is 0 Å². The molecule has 1 aliphatic carbocycles. The van der Waals surface area contributed by atoms with Crippen molar-refractivity contribution in [3.05, 3.63) is 0 Å². The van der Waals surface area contributed by atoms with Gasteiger partial charge in [0.15, 0.2) is 0 Å². The van der Waals surface area contributed by atoms with Gasteiger partial charge in [0, 0.05) is 6.04 Å². The zero-order valence-electron chi connectivity index (χ0n) is 11.3. The van der Waals surface area contributed by atoms with Gasteiger partial charge in [-0.15, -0.1) is 0 Å². The van der Waals surface area contributed by atoms with E-state index in [0.29, 0.717) is 12.8 Å². The molecule has 18 heavy (non-hydrogen) atoms. The summed E-state index contributed by atoms with van der Waals surface area (Å²) in [5.41, 5.74) is 2.66. The second-order valence-electron chi connectivity index (χ2n) is 5.55. The molecule has 0 heterocycles. The van der Waals surface area contributed by atoms with Gasteiger partial charge >= 0.3 is 6.18 Å². The van der Waals surface area contributed by atoms with Crippen LogP contribution < -0.4 is 11.3 Å². The summed E-state index contributed by atoms with van der Waals surface area (Å²) in [5.74, 6) is 4.15. The predicted octanol–water partition coefficient (Wildman–Crippen LogP) is 3.62. The van der Waals surface area contributed by atoms with Crippen LogP contribution in [0.4, 0.5) is 13.2 Å². The molecular weight excluding hydrogens is 241 g/mol. The minimum absolute atomic E-state index is 0.188. The van der Waals surface area contributed by atoms with Crippen molar-refractivity contribution in [2.24, 2.45) is 23.6 Å². The van der Waals surface area contributed by atoms with Gasteiger partial charge in [-0.1, -0.05) is 33.1 Å². The van der Waals surface area contributed by atoms with Crippen LogP contribution >= 0.6 is 0 Å². The Labute approximate surface area is 107 Å². The molecule has 0 aliphatic heterocycles. The zero-order chi connectivity index (χ0) is 13.8. The van der Waals surface area contributed by atoms with Crippen molar-refractivity contribution in [3.63, 3.8) is 0 Å². The molecule has 0 amide bonds. The van der Waals surface area contributed by atoms with Gasteiger partial charge in [-0.25, -0.2) is 0 Å².